The van der Waals surface area contributed by atoms with Crippen molar-refractivity contribution in [3.63, 3.8) is 0 Å². The molecule has 0 radical (unpaired) electrons. The number of hydrogen-bond donors (Lipinski definition) is 2. The van der Waals surface area contributed by atoms with Crippen LogP contribution in [0.5, 0.6) is 0 Å². The van der Waals surface area contributed by atoms with Crippen LogP contribution >= 0.6 is 0 Å². The summed E-state index contributed by atoms with van der Waals surface area (Å²) < 4.78 is 9.71. The van der Waals surface area contributed by atoms with Gasteiger partial charge in [-0.1, -0.05) is 26.7 Å². The van der Waals surface area contributed by atoms with Gasteiger partial charge in [0.2, 0.25) is 0 Å². The number of unbranched alkanes of at least 4 members (excludes halogenated alkanes) is 2. The van der Waals surface area contributed by atoms with E-state index in [9.17, 15) is 0 Å². The Bertz CT molecular complexity index is 105. The zero-order chi connectivity index (χ0) is 9.94. The Kier molecular flexibility index (Phi) is 9.92. The normalized spacial score (nSPS) is 10.4. The zero-order valence-electron chi connectivity index (χ0n) is 8.58. The molecule has 0 spiro atoms. The fraction of sp³-hybridized carbons (Fsp3) is 1.00. The molecule has 0 fully saturated rings. The van der Waals surface area contributed by atoms with Gasteiger partial charge in [0.1, 0.15) is 0 Å². The van der Waals surface area contributed by atoms with Crippen molar-refractivity contribution in [2.24, 2.45) is 0 Å². The van der Waals surface area contributed by atoms with Crippen LogP contribution in [0.25, 0.3) is 0 Å². The van der Waals surface area contributed by atoms with Crippen molar-refractivity contribution in [3.8, 4) is 0 Å². The molecule has 0 saturated carbocycles. The van der Waals surface area contributed by atoms with Crippen molar-refractivity contribution in [1.82, 2.24) is 5.48 Å². The Labute approximate surface area is 80.7 Å². The van der Waals surface area contributed by atoms with Crippen LogP contribution in [0, 0.1) is 0 Å². The summed E-state index contributed by atoms with van der Waals surface area (Å²) in [6.07, 6.45) is 4.12. The van der Waals surface area contributed by atoms with Gasteiger partial charge in [-0.2, -0.15) is 0 Å². The molecule has 5 heteroatoms. The van der Waals surface area contributed by atoms with E-state index in [0.717, 1.165) is 32.2 Å². The average Bonchev–Trinajstić information content (AvgIpc) is 2.13. The van der Waals surface area contributed by atoms with E-state index >= 15 is 0 Å². The van der Waals surface area contributed by atoms with E-state index in [1.807, 2.05) is 0 Å². The van der Waals surface area contributed by atoms with E-state index in [4.69, 9.17) is 14.4 Å². The first-order valence-corrected chi connectivity index (χ1v) is 4.99. The summed E-state index contributed by atoms with van der Waals surface area (Å²) in [5, 5.41) is 9.07. The van der Waals surface area contributed by atoms with E-state index in [-0.39, 0.29) is 0 Å². The van der Waals surface area contributed by atoms with Crippen LogP contribution in [0.1, 0.15) is 39.5 Å². The van der Waals surface area contributed by atoms with Gasteiger partial charge in [0.25, 0.3) is 0 Å². The Morgan fingerprint density at radius 2 is 1.92 bits per heavy atom. The highest BCUT2D eigenvalue weighted by Gasteiger charge is 2.14. The summed E-state index contributed by atoms with van der Waals surface area (Å²) in [5.41, 5.74) is 2.64. The third-order valence-electron chi connectivity index (χ3n) is 1.57. The summed E-state index contributed by atoms with van der Waals surface area (Å²) >= 11 is 0. The summed E-state index contributed by atoms with van der Waals surface area (Å²) in [7, 11) is -1.14. The van der Waals surface area contributed by atoms with Crippen molar-refractivity contribution in [2.75, 3.05) is 13.2 Å². The Morgan fingerprint density at radius 1 is 1.23 bits per heavy atom. The second-order valence-electron chi connectivity index (χ2n) is 2.90. The van der Waals surface area contributed by atoms with E-state index in [1.54, 1.807) is 0 Å². The van der Waals surface area contributed by atoms with Gasteiger partial charge in [-0.3, -0.25) is 0 Å². The van der Waals surface area contributed by atoms with E-state index in [2.05, 4.69) is 19.3 Å². The van der Waals surface area contributed by atoms with Crippen molar-refractivity contribution in [1.29, 1.82) is 0 Å². The number of hydroxylamine groups is 1. The molecule has 0 rings (SSSR count). The molecule has 0 aliphatic heterocycles. The van der Waals surface area contributed by atoms with E-state index < -0.39 is 7.32 Å². The minimum atomic E-state index is -1.14. The van der Waals surface area contributed by atoms with Crippen LogP contribution in [0.15, 0.2) is 0 Å². The quantitative estimate of drug-likeness (QED) is 0.324. The number of nitrogens with one attached hydrogen (secondary N) is 1. The summed E-state index contributed by atoms with van der Waals surface area (Å²) in [5.74, 6) is 0. The van der Waals surface area contributed by atoms with Gasteiger partial charge in [-0.25, -0.2) is 5.48 Å². The minimum Gasteiger partial charge on any atom is -0.401 e. The average molecular weight is 189 g/mol. The van der Waals surface area contributed by atoms with Crippen LogP contribution in [0.2, 0.25) is 0 Å². The van der Waals surface area contributed by atoms with Crippen LogP contribution in [0.4, 0.5) is 0 Å². The van der Waals surface area contributed by atoms with Crippen molar-refractivity contribution < 1.29 is 14.4 Å². The first kappa shape index (κ1) is 12.9. The molecule has 0 unspecified atom stereocenters. The van der Waals surface area contributed by atoms with E-state index in [1.165, 1.54) is 0 Å². The fourth-order valence-electron chi connectivity index (χ4n) is 0.742. The molecular weight excluding hydrogens is 169 g/mol. The Hall–Kier alpha value is -0.0951. The Balaban J connectivity index is 3.05. The lowest BCUT2D eigenvalue weighted by molar-refractivity contribution is 0.0765. The predicted octanol–water partition coefficient (Wildman–Crippen LogP) is 1.10. The monoisotopic (exact) mass is 189 g/mol. The maximum Gasteiger partial charge on any atom is 0.654 e. The topological polar surface area (TPSA) is 50.7 Å². The first-order valence-electron chi connectivity index (χ1n) is 4.99. The molecule has 4 nitrogen and oxygen atoms in total. The Morgan fingerprint density at radius 3 is 2.54 bits per heavy atom. The summed E-state index contributed by atoms with van der Waals surface area (Å²) in [6, 6.07) is 0. The van der Waals surface area contributed by atoms with Gasteiger partial charge in [0.05, 0.1) is 0 Å². The largest absolute Gasteiger partial charge is 0.654 e. The molecular formula is C8H20BNO3. The molecule has 78 valence electrons. The highest BCUT2D eigenvalue weighted by molar-refractivity contribution is 6.34. The molecule has 0 aliphatic carbocycles. The fourth-order valence-corrected chi connectivity index (χ4v) is 0.742. The summed E-state index contributed by atoms with van der Waals surface area (Å²) in [6.45, 7) is 5.43. The van der Waals surface area contributed by atoms with Gasteiger partial charge in [0, 0.05) is 13.2 Å². The highest BCUT2D eigenvalue weighted by atomic mass is 16.8. The molecule has 0 heterocycles. The second-order valence-corrected chi connectivity index (χ2v) is 2.90. The molecule has 2 N–H and O–H groups in total. The highest BCUT2D eigenvalue weighted by Crippen LogP contribution is 1.90. The minimum absolute atomic E-state index is 0.535. The molecule has 0 aromatic carbocycles. The van der Waals surface area contributed by atoms with Crippen molar-refractivity contribution in [2.45, 2.75) is 39.5 Å². The maximum absolute atomic E-state index is 9.07. The van der Waals surface area contributed by atoms with Crippen molar-refractivity contribution in [3.05, 3.63) is 0 Å². The molecule has 0 aromatic heterocycles. The second kappa shape index (κ2) is 9.99. The lowest BCUT2D eigenvalue weighted by Gasteiger charge is -2.08. The van der Waals surface area contributed by atoms with Gasteiger partial charge >= 0.3 is 7.32 Å². The molecule has 0 aliphatic rings. The SMILES string of the molecule is CCCCNOB(O)OCCCC. The molecule has 0 saturated heterocycles. The van der Waals surface area contributed by atoms with E-state index in [0.29, 0.717) is 6.61 Å². The molecule has 0 aromatic rings. The molecule has 0 amide bonds. The van der Waals surface area contributed by atoms with Crippen LogP contribution in [-0.4, -0.2) is 25.5 Å². The maximum atomic E-state index is 9.07. The lowest BCUT2D eigenvalue weighted by atomic mass is 10.2. The van der Waals surface area contributed by atoms with Crippen molar-refractivity contribution >= 4 is 7.32 Å². The van der Waals surface area contributed by atoms with Gasteiger partial charge in [-0.15, -0.1) is 0 Å². The number of rotatable bonds is 9. The molecule has 13 heavy (non-hydrogen) atoms. The first-order chi connectivity index (χ1) is 6.31. The molecule has 0 bridgehead atoms. The summed E-state index contributed by atoms with van der Waals surface area (Å²) in [4.78, 5) is 0. The standard InChI is InChI=1S/C8H20BNO3/c1-3-5-7-10-13-9(11)12-8-6-4-2/h10-11H,3-8H2,1-2H3. The third kappa shape index (κ3) is 9.82. The molecule has 0 atom stereocenters. The van der Waals surface area contributed by atoms with Crippen LogP contribution in [-0.2, 0) is 9.41 Å². The van der Waals surface area contributed by atoms with Crippen LogP contribution < -0.4 is 5.48 Å². The number of hydrogen-bond acceptors (Lipinski definition) is 4. The van der Waals surface area contributed by atoms with Gasteiger partial charge < -0.3 is 14.4 Å². The third-order valence-corrected chi connectivity index (χ3v) is 1.57. The zero-order valence-corrected chi connectivity index (χ0v) is 8.58. The van der Waals surface area contributed by atoms with Crippen LogP contribution in [0.3, 0.4) is 0 Å². The lowest BCUT2D eigenvalue weighted by Crippen LogP contribution is -2.31. The smallest absolute Gasteiger partial charge is 0.401 e. The predicted molar refractivity (Wildman–Crippen MR) is 52.8 cm³/mol. The van der Waals surface area contributed by atoms with Gasteiger partial charge in [-0.05, 0) is 12.8 Å². The van der Waals surface area contributed by atoms with Gasteiger partial charge in [0.15, 0.2) is 0 Å².